The zero-order valence-electron chi connectivity index (χ0n) is 15.7. The zero-order chi connectivity index (χ0) is 20.4. The second kappa shape index (κ2) is 8.15. The van der Waals surface area contributed by atoms with E-state index >= 15 is 0 Å². The molecule has 146 valence electrons. The van der Waals surface area contributed by atoms with Gasteiger partial charge >= 0.3 is 0 Å². The van der Waals surface area contributed by atoms with Crippen LogP contribution in [-0.4, -0.2) is 14.2 Å². The molecule has 0 spiro atoms. The monoisotopic (exact) mass is 422 g/mol. The van der Waals surface area contributed by atoms with Gasteiger partial charge in [-0.2, -0.15) is 0 Å². The molecule has 6 heteroatoms. The van der Waals surface area contributed by atoms with Crippen LogP contribution in [0.4, 0.5) is 0 Å². The van der Waals surface area contributed by atoms with Crippen molar-refractivity contribution in [1.82, 2.24) is 9.13 Å². The molecular weight excluding hydrogens is 404 g/mol. The highest BCUT2D eigenvalue weighted by atomic mass is 35.5. The second-order valence-corrected chi connectivity index (χ2v) is 7.41. The number of aromatic hydroxyl groups is 1. The Kier molecular flexibility index (Phi) is 5.43. The molecule has 29 heavy (non-hydrogen) atoms. The molecule has 0 saturated heterocycles. The third-order valence-electron chi connectivity index (χ3n) is 4.68. The van der Waals surface area contributed by atoms with E-state index in [1.165, 1.54) is 0 Å². The number of nitrogens with zero attached hydrogens (tertiary/aromatic N) is 2. The molecule has 0 aliphatic heterocycles. The fourth-order valence-corrected chi connectivity index (χ4v) is 3.72. The van der Waals surface area contributed by atoms with Crippen molar-refractivity contribution in [3.05, 3.63) is 99.9 Å². The van der Waals surface area contributed by atoms with Crippen LogP contribution in [0.15, 0.2) is 78.9 Å². The molecule has 0 saturated carbocycles. The Morgan fingerprint density at radius 3 is 2.10 bits per heavy atom. The number of aromatic nitrogens is 2. The van der Waals surface area contributed by atoms with Gasteiger partial charge in [0.05, 0.1) is 11.4 Å². The van der Waals surface area contributed by atoms with Gasteiger partial charge in [-0.25, -0.2) is 0 Å². The van der Waals surface area contributed by atoms with E-state index in [0.29, 0.717) is 22.1 Å². The molecular formula is C23H19ClN2O2S. The van der Waals surface area contributed by atoms with E-state index in [2.05, 4.69) is 0 Å². The first-order valence-electron chi connectivity index (χ1n) is 9.11. The maximum absolute atomic E-state index is 10.7. The van der Waals surface area contributed by atoms with Gasteiger partial charge in [-0.15, -0.1) is 0 Å². The molecule has 4 nitrogen and oxygen atoms in total. The predicted molar refractivity (Wildman–Crippen MR) is 118 cm³/mol. The Bertz CT molecular complexity index is 1180. The molecule has 1 aromatic heterocycles. The minimum absolute atomic E-state index is 0.0988. The smallest absolute Gasteiger partial charge is 0.218 e. The van der Waals surface area contributed by atoms with Gasteiger partial charge in [0.2, 0.25) is 5.88 Å². The normalized spacial score (nSPS) is 10.8. The van der Waals surface area contributed by atoms with Crippen molar-refractivity contribution in [2.45, 2.75) is 13.5 Å². The highest BCUT2D eigenvalue weighted by molar-refractivity contribution is 7.71. The first-order valence-corrected chi connectivity index (χ1v) is 9.89. The summed E-state index contributed by atoms with van der Waals surface area (Å²) in [6.07, 6.45) is 0. The van der Waals surface area contributed by atoms with E-state index < -0.39 is 0 Å². The summed E-state index contributed by atoms with van der Waals surface area (Å²) in [4.78, 5) is 0. The Balaban J connectivity index is 1.62. The van der Waals surface area contributed by atoms with Crippen LogP contribution in [0.2, 0.25) is 5.02 Å². The lowest BCUT2D eigenvalue weighted by molar-refractivity contribution is 0.306. The molecule has 4 rings (SSSR count). The Hall–Kier alpha value is -3.02. The first kappa shape index (κ1) is 19.3. The summed E-state index contributed by atoms with van der Waals surface area (Å²) < 4.78 is 9.78. The third kappa shape index (κ3) is 3.92. The molecule has 0 amide bonds. The molecule has 0 aliphatic rings. The van der Waals surface area contributed by atoms with Crippen molar-refractivity contribution in [3.8, 4) is 23.0 Å². The molecule has 1 heterocycles. The topological polar surface area (TPSA) is 39.3 Å². The number of hydrogen-bond donors (Lipinski definition) is 1. The summed E-state index contributed by atoms with van der Waals surface area (Å²) in [5.74, 6) is 0.866. The van der Waals surface area contributed by atoms with E-state index in [-0.39, 0.29) is 5.88 Å². The SMILES string of the molecule is Cc1c(O)n(-c2ccc(Cl)cc2)c(=S)n1-c1ccc(OCc2ccccc2)cc1. The Morgan fingerprint density at radius 2 is 1.45 bits per heavy atom. The summed E-state index contributed by atoms with van der Waals surface area (Å²) in [6.45, 7) is 2.34. The van der Waals surface area contributed by atoms with Crippen LogP contribution in [0.3, 0.4) is 0 Å². The van der Waals surface area contributed by atoms with Crippen molar-refractivity contribution >= 4 is 23.8 Å². The minimum Gasteiger partial charge on any atom is -0.493 e. The van der Waals surface area contributed by atoms with Crippen LogP contribution >= 0.6 is 23.8 Å². The van der Waals surface area contributed by atoms with Gasteiger partial charge in [0.25, 0.3) is 0 Å². The molecule has 0 bridgehead atoms. The lowest BCUT2D eigenvalue weighted by Gasteiger charge is -2.09. The standard InChI is InChI=1S/C23H19ClN2O2S/c1-16-22(27)26(20-9-7-18(24)8-10-20)23(29)25(16)19-11-13-21(14-12-19)28-15-17-5-3-2-4-6-17/h2-14,27H,15H2,1H3. The first-order chi connectivity index (χ1) is 14.0. The van der Waals surface area contributed by atoms with Crippen LogP contribution in [0.25, 0.3) is 11.4 Å². The molecule has 0 unspecified atom stereocenters. The molecule has 1 N–H and O–H groups in total. The van der Waals surface area contributed by atoms with Crippen LogP contribution in [0.1, 0.15) is 11.3 Å². The summed E-state index contributed by atoms with van der Waals surface area (Å²) in [6, 6.07) is 24.8. The largest absolute Gasteiger partial charge is 0.493 e. The van der Waals surface area contributed by atoms with Gasteiger partial charge in [0.15, 0.2) is 4.77 Å². The fraction of sp³-hybridized carbons (Fsp3) is 0.0870. The average molecular weight is 423 g/mol. The maximum Gasteiger partial charge on any atom is 0.218 e. The molecule has 4 aromatic rings. The van der Waals surface area contributed by atoms with Crippen molar-refractivity contribution < 1.29 is 9.84 Å². The predicted octanol–water partition coefficient (Wildman–Crippen LogP) is 6.24. The van der Waals surface area contributed by atoms with Crippen molar-refractivity contribution in [3.63, 3.8) is 0 Å². The van der Waals surface area contributed by atoms with Crippen LogP contribution in [0, 0.1) is 11.7 Å². The van der Waals surface area contributed by atoms with Crippen LogP contribution in [-0.2, 0) is 6.61 Å². The summed E-state index contributed by atoms with van der Waals surface area (Å²) in [5.41, 5.74) is 3.37. The van der Waals surface area contributed by atoms with Crippen LogP contribution < -0.4 is 4.74 Å². The number of imidazole rings is 1. The van der Waals surface area contributed by atoms with Gasteiger partial charge in [-0.1, -0.05) is 41.9 Å². The lowest BCUT2D eigenvalue weighted by Crippen LogP contribution is -2.00. The highest BCUT2D eigenvalue weighted by Gasteiger charge is 2.16. The van der Waals surface area contributed by atoms with Gasteiger partial charge in [0.1, 0.15) is 12.4 Å². The summed E-state index contributed by atoms with van der Waals surface area (Å²) >= 11 is 11.6. The van der Waals surface area contributed by atoms with Crippen molar-refractivity contribution in [1.29, 1.82) is 0 Å². The molecule has 3 aromatic carbocycles. The Labute approximate surface area is 179 Å². The average Bonchev–Trinajstić information content (AvgIpc) is 2.97. The molecule has 0 radical (unpaired) electrons. The fourth-order valence-electron chi connectivity index (χ4n) is 3.16. The highest BCUT2D eigenvalue weighted by Crippen LogP contribution is 2.29. The van der Waals surface area contributed by atoms with Crippen molar-refractivity contribution in [2.75, 3.05) is 0 Å². The van der Waals surface area contributed by atoms with Gasteiger partial charge < -0.3 is 9.84 Å². The number of benzene rings is 3. The summed E-state index contributed by atoms with van der Waals surface area (Å²) in [7, 11) is 0. The molecule has 0 atom stereocenters. The molecule has 0 fully saturated rings. The quantitative estimate of drug-likeness (QED) is 0.387. The van der Waals surface area contributed by atoms with E-state index in [9.17, 15) is 5.11 Å². The zero-order valence-corrected chi connectivity index (χ0v) is 17.3. The number of halogens is 1. The van der Waals surface area contributed by atoms with E-state index in [4.69, 9.17) is 28.6 Å². The lowest BCUT2D eigenvalue weighted by atomic mass is 10.2. The Morgan fingerprint density at radius 1 is 0.862 bits per heavy atom. The van der Waals surface area contributed by atoms with Gasteiger partial charge in [0, 0.05) is 10.7 Å². The van der Waals surface area contributed by atoms with E-state index in [0.717, 1.165) is 22.7 Å². The maximum atomic E-state index is 10.7. The van der Waals surface area contributed by atoms with Crippen molar-refractivity contribution in [2.24, 2.45) is 0 Å². The third-order valence-corrected chi connectivity index (χ3v) is 5.30. The minimum atomic E-state index is 0.0988. The van der Waals surface area contributed by atoms with Gasteiger partial charge in [-0.3, -0.25) is 9.13 Å². The summed E-state index contributed by atoms with van der Waals surface area (Å²) in [5, 5.41) is 11.3. The van der Waals surface area contributed by atoms with E-state index in [1.807, 2.05) is 78.2 Å². The van der Waals surface area contributed by atoms with E-state index in [1.54, 1.807) is 16.7 Å². The number of hydrogen-bond acceptors (Lipinski definition) is 3. The second-order valence-electron chi connectivity index (χ2n) is 6.61. The van der Waals surface area contributed by atoms with Gasteiger partial charge in [-0.05, 0) is 73.2 Å². The number of ether oxygens (including phenoxy) is 1. The van der Waals surface area contributed by atoms with Crippen LogP contribution in [0.5, 0.6) is 11.6 Å². The molecule has 0 aliphatic carbocycles. The number of rotatable bonds is 5.